The van der Waals surface area contributed by atoms with Crippen LogP contribution in [0.2, 0.25) is 10.0 Å². The molecule has 0 bridgehead atoms. The lowest BCUT2D eigenvalue weighted by atomic mass is 9.74. The third-order valence-electron chi connectivity index (χ3n) is 3.35. The maximum Gasteiger partial charge on any atom is 0.0624 e. The molecule has 1 saturated heterocycles. The van der Waals surface area contributed by atoms with Crippen molar-refractivity contribution in [1.29, 1.82) is 0 Å². The van der Waals surface area contributed by atoms with Crippen LogP contribution in [0, 0.1) is 5.41 Å². The van der Waals surface area contributed by atoms with E-state index in [1.165, 1.54) is 12.0 Å². The summed E-state index contributed by atoms with van der Waals surface area (Å²) in [7, 11) is 0. The summed E-state index contributed by atoms with van der Waals surface area (Å²) >= 11 is 12.2. The molecule has 2 rings (SSSR count). The lowest BCUT2D eigenvalue weighted by Gasteiger charge is -2.42. The Morgan fingerprint density at radius 3 is 2.60 bits per heavy atom. The Hall–Kier alpha value is -0.240. The quantitative estimate of drug-likeness (QED) is 0.857. The van der Waals surface area contributed by atoms with Gasteiger partial charge >= 0.3 is 0 Å². The van der Waals surface area contributed by atoms with E-state index in [2.05, 4.69) is 18.3 Å². The average molecular weight is 244 g/mol. The lowest BCUT2D eigenvalue weighted by molar-refractivity contribution is 0.160. The van der Waals surface area contributed by atoms with Crippen LogP contribution >= 0.6 is 23.2 Å². The number of benzene rings is 1. The van der Waals surface area contributed by atoms with E-state index in [0.717, 1.165) is 24.5 Å². The molecular weight excluding hydrogens is 229 g/mol. The summed E-state index contributed by atoms with van der Waals surface area (Å²) < 4.78 is 0. The van der Waals surface area contributed by atoms with Gasteiger partial charge in [-0.1, -0.05) is 42.3 Å². The predicted octanol–water partition coefficient (Wildman–Crippen LogP) is 3.54. The molecule has 15 heavy (non-hydrogen) atoms. The lowest BCUT2D eigenvalue weighted by Crippen LogP contribution is -2.54. The van der Waals surface area contributed by atoms with Gasteiger partial charge in [0.2, 0.25) is 0 Å². The Morgan fingerprint density at radius 1 is 1.33 bits per heavy atom. The van der Waals surface area contributed by atoms with E-state index in [4.69, 9.17) is 23.2 Å². The second-order valence-electron chi connectivity index (χ2n) is 4.35. The van der Waals surface area contributed by atoms with Crippen molar-refractivity contribution in [2.45, 2.75) is 19.8 Å². The number of hydrogen-bond donors (Lipinski definition) is 1. The van der Waals surface area contributed by atoms with Gasteiger partial charge in [0, 0.05) is 13.1 Å². The van der Waals surface area contributed by atoms with Gasteiger partial charge in [-0.2, -0.15) is 0 Å². The fourth-order valence-electron chi connectivity index (χ4n) is 2.07. The maximum absolute atomic E-state index is 6.18. The normalized spacial score (nSPS) is 18.6. The first-order chi connectivity index (χ1) is 7.17. The van der Waals surface area contributed by atoms with Crippen LogP contribution in [-0.4, -0.2) is 13.1 Å². The van der Waals surface area contributed by atoms with E-state index in [-0.39, 0.29) is 0 Å². The Balaban J connectivity index is 2.20. The number of rotatable bonds is 3. The van der Waals surface area contributed by atoms with Crippen molar-refractivity contribution in [2.75, 3.05) is 13.1 Å². The molecule has 3 heteroatoms. The molecule has 0 amide bonds. The monoisotopic (exact) mass is 243 g/mol. The Bertz CT molecular complexity index is 353. The molecule has 1 fully saturated rings. The average Bonchev–Trinajstić information content (AvgIpc) is 2.18. The summed E-state index contributed by atoms with van der Waals surface area (Å²) in [4.78, 5) is 0. The molecule has 0 radical (unpaired) electrons. The summed E-state index contributed by atoms with van der Waals surface area (Å²) in [5.41, 5.74) is 1.57. The molecule has 1 aliphatic heterocycles. The Labute approximate surface area is 101 Å². The van der Waals surface area contributed by atoms with Crippen molar-refractivity contribution in [1.82, 2.24) is 5.32 Å². The summed E-state index contributed by atoms with van der Waals surface area (Å²) in [6, 6.07) is 5.88. The van der Waals surface area contributed by atoms with E-state index >= 15 is 0 Å². The minimum atomic E-state index is 0.397. The molecular formula is C12H15Cl2N. The highest BCUT2D eigenvalue weighted by atomic mass is 35.5. The van der Waals surface area contributed by atoms with Crippen molar-refractivity contribution in [3.8, 4) is 0 Å². The molecule has 0 aromatic heterocycles. The van der Waals surface area contributed by atoms with E-state index in [0.29, 0.717) is 10.4 Å². The van der Waals surface area contributed by atoms with Crippen LogP contribution in [0.25, 0.3) is 0 Å². The zero-order valence-electron chi connectivity index (χ0n) is 8.82. The second-order valence-corrected chi connectivity index (χ2v) is 5.13. The smallest absolute Gasteiger partial charge is 0.0624 e. The molecule has 0 spiro atoms. The van der Waals surface area contributed by atoms with E-state index in [1.807, 2.05) is 12.1 Å². The molecule has 1 N–H and O–H groups in total. The molecule has 0 aliphatic carbocycles. The first-order valence-electron chi connectivity index (χ1n) is 5.30. The van der Waals surface area contributed by atoms with Gasteiger partial charge in [-0.25, -0.2) is 0 Å². The highest BCUT2D eigenvalue weighted by Gasteiger charge is 2.35. The van der Waals surface area contributed by atoms with Crippen LogP contribution in [0.5, 0.6) is 0 Å². The second kappa shape index (κ2) is 4.32. The molecule has 1 nitrogen and oxygen atoms in total. The molecule has 0 unspecified atom stereocenters. The van der Waals surface area contributed by atoms with Gasteiger partial charge in [-0.15, -0.1) is 0 Å². The topological polar surface area (TPSA) is 12.0 Å². The standard InChI is InChI=1S/C12H15Cl2N/c1-2-12(7-15-8-12)6-9-4-3-5-10(13)11(9)14/h3-5,15H,2,6-8H2,1H3. The molecule has 1 aliphatic rings. The van der Waals surface area contributed by atoms with Crippen molar-refractivity contribution in [3.63, 3.8) is 0 Å². The number of hydrogen-bond acceptors (Lipinski definition) is 1. The predicted molar refractivity (Wildman–Crippen MR) is 65.8 cm³/mol. The minimum Gasteiger partial charge on any atom is -0.316 e. The van der Waals surface area contributed by atoms with Crippen LogP contribution in [0.1, 0.15) is 18.9 Å². The van der Waals surface area contributed by atoms with Crippen LogP contribution in [0.3, 0.4) is 0 Å². The van der Waals surface area contributed by atoms with Crippen molar-refractivity contribution >= 4 is 23.2 Å². The zero-order valence-corrected chi connectivity index (χ0v) is 10.3. The number of nitrogens with one attached hydrogen (secondary N) is 1. The molecule has 1 heterocycles. The first kappa shape index (κ1) is 11.3. The third kappa shape index (κ3) is 2.15. The first-order valence-corrected chi connectivity index (χ1v) is 6.06. The van der Waals surface area contributed by atoms with Gasteiger partial charge in [0.25, 0.3) is 0 Å². The summed E-state index contributed by atoms with van der Waals surface area (Å²) in [5.74, 6) is 0. The van der Waals surface area contributed by atoms with Gasteiger partial charge in [0.05, 0.1) is 10.0 Å². The molecule has 0 saturated carbocycles. The fourth-order valence-corrected chi connectivity index (χ4v) is 2.45. The van der Waals surface area contributed by atoms with Crippen LogP contribution < -0.4 is 5.32 Å². The summed E-state index contributed by atoms with van der Waals surface area (Å²) in [6.07, 6.45) is 2.21. The van der Waals surface area contributed by atoms with Gasteiger partial charge in [0.1, 0.15) is 0 Å². The van der Waals surface area contributed by atoms with Gasteiger partial charge < -0.3 is 5.32 Å². The molecule has 1 aromatic rings. The van der Waals surface area contributed by atoms with Crippen molar-refractivity contribution < 1.29 is 0 Å². The SMILES string of the molecule is CCC1(Cc2cccc(Cl)c2Cl)CNC1. The van der Waals surface area contributed by atoms with Gasteiger partial charge in [0.15, 0.2) is 0 Å². The highest BCUT2D eigenvalue weighted by molar-refractivity contribution is 6.42. The van der Waals surface area contributed by atoms with Crippen LogP contribution in [0.15, 0.2) is 18.2 Å². The van der Waals surface area contributed by atoms with E-state index < -0.39 is 0 Å². The zero-order chi connectivity index (χ0) is 10.9. The molecule has 0 atom stereocenters. The number of halogens is 2. The molecule has 1 aromatic carbocycles. The van der Waals surface area contributed by atoms with Gasteiger partial charge in [-0.3, -0.25) is 0 Å². The van der Waals surface area contributed by atoms with Crippen molar-refractivity contribution in [2.24, 2.45) is 5.41 Å². The Morgan fingerprint density at radius 2 is 2.07 bits per heavy atom. The third-order valence-corrected chi connectivity index (χ3v) is 4.21. The van der Waals surface area contributed by atoms with E-state index in [9.17, 15) is 0 Å². The maximum atomic E-state index is 6.18. The van der Waals surface area contributed by atoms with Gasteiger partial charge in [-0.05, 0) is 29.9 Å². The van der Waals surface area contributed by atoms with Crippen LogP contribution in [-0.2, 0) is 6.42 Å². The largest absolute Gasteiger partial charge is 0.316 e. The fraction of sp³-hybridized carbons (Fsp3) is 0.500. The molecule has 82 valence electrons. The summed E-state index contributed by atoms with van der Waals surface area (Å²) in [5, 5.41) is 4.71. The highest BCUT2D eigenvalue weighted by Crippen LogP contribution is 2.35. The van der Waals surface area contributed by atoms with Crippen molar-refractivity contribution in [3.05, 3.63) is 33.8 Å². The van der Waals surface area contributed by atoms with E-state index in [1.54, 1.807) is 0 Å². The summed E-state index contributed by atoms with van der Waals surface area (Å²) in [6.45, 7) is 4.41. The van der Waals surface area contributed by atoms with Crippen LogP contribution in [0.4, 0.5) is 0 Å². The Kier molecular flexibility index (Phi) is 3.24. The minimum absolute atomic E-state index is 0.397.